The standard InChI is InChI=1S/C19H14N6/c20-11-17-13-24(12-15-7-3-1-4-8-15)22-19(17)25-14-18(21-23-25)16-9-5-2-6-10-16/h1-10,13-14H,12H2. The molecule has 0 bridgehead atoms. The van der Waals surface area contributed by atoms with Crippen LogP contribution in [0.1, 0.15) is 11.1 Å². The minimum atomic E-state index is 0.459. The molecular weight excluding hydrogens is 312 g/mol. The molecule has 2 aromatic carbocycles. The Labute approximate surface area is 144 Å². The fraction of sp³-hybridized carbons (Fsp3) is 0.0526. The molecule has 4 rings (SSSR count). The van der Waals surface area contributed by atoms with Gasteiger partial charge in [0.05, 0.1) is 12.7 Å². The molecule has 6 nitrogen and oxygen atoms in total. The normalized spacial score (nSPS) is 10.5. The lowest BCUT2D eigenvalue weighted by atomic mass is 10.2. The van der Waals surface area contributed by atoms with E-state index in [0.717, 1.165) is 16.8 Å². The quantitative estimate of drug-likeness (QED) is 0.578. The molecule has 0 saturated heterocycles. The second-order valence-electron chi connectivity index (χ2n) is 5.58. The van der Waals surface area contributed by atoms with Crippen molar-refractivity contribution >= 4 is 0 Å². The van der Waals surface area contributed by atoms with Gasteiger partial charge in [0.2, 0.25) is 0 Å². The van der Waals surface area contributed by atoms with Crippen LogP contribution in [0.15, 0.2) is 73.1 Å². The summed E-state index contributed by atoms with van der Waals surface area (Å²) in [5.41, 5.74) is 3.28. The van der Waals surface area contributed by atoms with Crippen molar-refractivity contribution in [1.82, 2.24) is 24.8 Å². The van der Waals surface area contributed by atoms with Gasteiger partial charge in [-0.1, -0.05) is 65.9 Å². The highest BCUT2D eigenvalue weighted by molar-refractivity contribution is 5.58. The molecule has 0 unspecified atom stereocenters. The molecule has 4 aromatic rings. The lowest BCUT2D eigenvalue weighted by Crippen LogP contribution is -2.03. The Morgan fingerprint density at radius 3 is 2.36 bits per heavy atom. The maximum atomic E-state index is 9.42. The van der Waals surface area contributed by atoms with E-state index in [1.165, 1.54) is 0 Å². The molecule has 6 heteroatoms. The van der Waals surface area contributed by atoms with E-state index in [9.17, 15) is 5.26 Å². The third-order valence-electron chi connectivity index (χ3n) is 3.83. The predicted molar refractivity (Wildman–Crippen MR) is 92.8 cm³/mol. The summed E-state index contributed by atoms with van der Waals surface area (Å²) >= 11 is 0. The molecule has 0 amide bonds. The lowest BCUT2D eigenvalue weighted by Gasteiger charge is -2.00. The summed E-state index contributed by atoms with van der Waals surface area (Å²) in [7, 11) is 0. The van der Waals surface area contributed by atoms with Gasteiger partial charge in [0.15, 0.2) is 5.82 Å². The molecule has 0 aliphatic rings. The van der Waals surface area contributed by atoms with Gasteiger partial charge < -0.3 is 0 Å². The highest BCUT2D eigenvalue weighted by atomic mass is 15.5. The largest absolute Gasteiger partial charge is 0.265 e. The fourth-order valence-corrected chi connectivity index (χ4v) is 2.62. The zero-order valence-corrected chi connectivity index (χ0v) is 13.3. The van der Waals surface area contributed by atoms with Gasteiger partial charge in [-0.05, 0) is 5.56 Å². The molecule has 25 heavy (non-hydrogen) atoms. The Morgan fingerprint density at radius 1 is 0.920 bits per heavy atom. The summed E-state index contributed by atoms with van der Waals surface area (Å²) < 4.78 is 3.29. The smallest absolute Gasteiger partial charge is 0.194 e. The first-order valence-electron chi connectivity index (χ1n) is 7.83. The Hall–Kier alpha value is -3.72. The molecule has 120 valence electrons. The van der Waals surface area contributed by atoms with Crippen LogP contribution in [0.5, 0.6) is 0 Å². The first-order valence-corrected chi connectivity index (χ1v) is 7.83. The second kappa shape index (κ2) is 6.42. The van der Waals surface area contributed by atoms with Crippen LogP contribution >= 0.6 is 0 Å². The maximum absolute atomic E-state index is 9.42. The number of nitriles is 1. The van der Waals surface area contributed by atoms with E-state index in [4.69, 9.17) is 0 Å². The van der Waals surface area contributed by atoms with Gasteiger partial charge in [-0.15, -0.1) is 5.10 Å². The van der Waals surface area contributed by atoms with E-state index in [1.54, 1.807) is 21.8 Å². The van der Waals surface area contributed by atoms with Gasteiger partial charge in [0, 0.05) is 11.8 Å². The van der Waals surface area contributed by atoms with Gasteiger partial charge in [-0.25, -0.2) is 0 Å². The first kappa shape index (κ1) is 14.8. The molecule has 0 radical (unpaired) electrons. The molecule has 0 fully saturated rings. The summed E-state index contributed by atoms with van der Waals surface area (Å²) in [6.45, 7) is 0.593. The van der Waals surface area contributed by atoms with E-state index in [2.05, 4.69) is 21.5 Å². The third-order valence-corrected chi connectivity index (χ3v) is 3.83. The Morgan fingerprint density at radius 2 is 1.64 bits per heavy atom. The van der Waals surface area contributed by atoms with Crippen molar-refractivity contribution in [3.63, 3.8) is 0 Å². The van der Waals surface area contributed by atoms with Crippen LogP contribution < -0.4 is 0 Å². The van der Waals surface area contributed by atoms with Gasteiger partial charge in [0.25, 0.3) is 0 Å². The molecule has 2 heterocycles. The Balaban J connectivity index is 1.67. The number of aromatic nitrogens is 5. The van der Waals surface area contributed by atoms with Crippen LogP contribution in [-0.2, 0) is 6.54 Å². The molecule has 0 atom stereocenters. The fourth-order valence-electron chi connectivity index (χ4n) is 2.62. The minimum absolute atomic E-state index is 0.459. The van der Waals surface area contributed by atoms with Crippen molar-refractivity contribution < 1.29 is 0 Å². The van der Waals surface area contributed by atoms with Crippen molar-refractivity contribution in [2.75, 3.05) is 0 Å². The SMILES string of the molecule is N#Cc1cn(Cc2ccccc2)nc1-n1cc(-c2ccccc2)nn1. The number of rotatable bonds is 4. The van der Waals surface area contributed by atoms with Crippen molar-refractivity contribution in [3.05, 3.63) is 84.2 Å². The summed E-state index contributed by atoms with van der Waals surface area (Å²) in [5.74, 6) is 0.480. The first-order chi connectivity index (χ1) is 12.3. The maximum Gasteiger partial charge on any atom is 0.194 e. The molecule has 2 aromatic heterocycles. The number of benzene rings is 2. The molecule has 0 N–H and O–H groups in total. The van der Waals surface area contributed by atoms with Gasteiger partial charge >= 0.3 is 0 Å². The van der Waals surface area contributed by atoms with Crippen LogP contribution in [0.4, 0.5) is 0 Å². The summed E-state index contributed by atoms with van der Waals surface area (Å²) in [4.78, 5) is 0. The number of hydrogen-bond donors (Lipinski definition) is 0. The molecule has 0 spiro atoms. The minimum Gasteiger partial charge on any atom is -0.265 e. The zero-order chi connectivity index (χ0) is 17.1. The van der Waals surface area contributed by atoms with Crippen LogP contribution in [0.25, 0.3) is 17.1 Å². The van der Waals surface area contributed by atoms with Gasteiger partial charge in [-0.2, -0.15) is 15.0 Å². The highest BCUT2D eigenvalue weighted by Gasteiger charge is 2.14. The molecular formula is C19H14N6. The molecule has 0 aliphatic heterocycles. The summed E-state index contributed by atoms with van der Waals surface area (Å²) in [5, 5.41) is 22.2. The predicted octanol–water partition coefficient (Wildman–Crippen LogP) is 3.05. The van der Waals surface area contributed by atoms with E-state index in [0.29, 0.717) is 17.9 Å². The molecule has 0 saturated carbocycles. The van der Waals surface area contributed by atoms with Crippen molar-refractivity contribution in [3.8, 4) is 23.1 Å². The monoisotopic (exact) mass is 326 g/mol. The van der Waals surface area contributed by atoms with Crippen molar-refractivity contribution in [2.24, 2.45) is 0 Å². The average Bonchev–Trinajstić information content (AvgIpc) is 3.30. The zero-order valence-electron chi connectivity index (χ0n) is 13.3. The average molecular weight is 326 g/mol. The Bertz CT molecular complexity index is 1020. The Kier molecular flexibility index (Phi) is 3.81. The van der Waals surface area contributed by atoms with Crippen LogP contribution in [0.3, 0.4) is 0 Å². The summed E-state index contributed by atoms with van der Waals surface area (Å²) in [6.07, 6.45) is 3.51. The van der Waals surface area contributed by atoms with E-state index >= 15 is 0 Å². The van der Waals surface area contributed by atoms with E-state index < -0.39 is 0 Å². The van der Waals surface area contributed by atoms with Crippen LogP contribution in [0.2, 0.25) is 0 Å². The lowest BCUT2D eigenvalue weighted by molar-refractivity contribution is 0.663. The van der Waals surface area contributed by atoms with Crippen LogP contribution in [0, 0.1) is 11.3 Å². The number of hydrogen-bond acceptors (Lipinski definition) is 4. The van der Waals surface area contributed by atoms with Crippen LogP contribution in [-0.4, -0.2) is 24.8 Å². The van der Waals surface area contributed by atoms with E-state index in [1.807, 2.05) is 60.7 Å². The van der Waals surface area contributed by atoms with Crippen molar-refractivity contribution in [2.45, 2.75) is 6.54 Å². The third kappa shape index (κ3) is 3.03. The van der Waals surface area contributed by atoms with Crippen molar-refractivity contribution in [1.29, 1.82) is 5.26 Å². The topological polar surface area (TPSA) is 72.3 Å². The van der Waals surface area contributed by atoms with Gasteiger partial charge in [-0.3, -0.25) is 4.68 Å². The van der Waals surface area contributed by atoms with Gasteiger partial charge in [0.1, 0.15) is 17.3 Å². The van der Waals surface area contributed by atoms with E-state index in [-0.39, 0.29) is 0 Å². The molecule has 0 aliphatic carbocycles. The summed E-state index contributed by atoms with van der Waals surface area (Å²) in [6, 6.07) is 21.9. The highest BCUT2D eigenvalue weighted by Crippen LogP contribution is 2.18. The second-order valence-corrected chi connectivity index (χ2v) is 5.58. The number of nitrogens with zero attached hydrogens (tertiary/aromatic N) is 6.